The number of hydrogen-bond acceptors (Lipinski definition) is 3. The van der Waals surface area contributed by atoms with Crippen LogP contribution in [-0.4, -0.2) is 32.3 Å². The van der Waals surface area contributed by atoms with E-state index < -0.39 is 23.0 Å². The Morgan fingerprint density at radius 3 is 2.33 bits per heavy atom. The van der Waals surface area contributed by atoms with Crippen LogP contribution in [0.2, 0.25) is 0 Å². The van der Waals surface area contributed by atoms with E-state index >= 15 is 0 Å². The summed E-state index contributed by atoms with van der Waals surface area (Å²) in [5, 5.41) is 0.790. The van der Waals surface area contributed by atoms with Crippen molar-refractivity contribution >= 4 is 52.0 Å². The van der Waals surface area contributed by atoms with E-state index in [4.69, 9.17) is 35.4 Å². The predicted molar refractivity (Wildman–Crippen MR) is 79.0 cm³/mol. The van der Waals surface area contributed by atoms with Crippen LogP contribution in [0.4, 0.5) is 19.4 Å². The van der Waals surface area contributed by atoms with Gasteiger partial charge in [0.2, 0.25) is 0 Å². The van der Waals surface area contributed by atoms with Crippen LogP contribution in [0.1, 0.15) is 6.42 Å². The highest BCUT2D eigenvalue weighted by Crippen LogP contribution is 2.43. The molecule has 112 valence electrons. The van der Waals surface area contributed by atoms with Gasteiger partial charge in [-0.2, -0.15) is 0 Å². The third-order valence-electron chi connectivity index (χ3n) is 3.44. The fraction of sp³-hybridized carbons (Fsp3) is 0.333. The second-order valence-corrected chi connectivity index (χ2v) is 6.31. The van der Waals surface area contributed by atoms with Gasteiger partial charge in [0.25, 0.3) is 0 Å². The molecule has 0 bridgehead atoms. The Morgan fingerprint density at radius 1 is 1.29 bits per heavy atom. The van der Waals surface area contributed by atoms with Gasteiger partial charge in [-0.05, 0) is 30.7 Å². The van der Waals surface area contributed by atoms with E-state index in [1.54, 1.807) is 0 Å². The molecule has 9 heteroatoms. The molecule has 1 heterocycles. The van der Waals surface area contributed by atoms with Crippen molar-refractivity contribution in [3.8, 4) is 0 Å². The summed E-state index contributed by atoms with van der Waals surface area (Å²) in [5.74, 6) is -0.653. The molecule has 4 nitrogen and oxygen atoms in total. The van der Waals surface area contributed by atoms with Crippen LogP contribution < -0.4 is 4.90 Å². The molecule has 1 saturated carbocycles. The van der Waals surface area contributed by atoms with Crippen molar-refractivity contribution in [2.75, 3.05) is 4.90 Å². The summed E-state index contributed by atoms with van der Waals surface area (Å²) in [6.07, 6.45) is -0.170. The van der Waals surface area contributed by atoms with Crippen molar-refractivity contribution in [2.24, 2.45) is 5.92 Å². The third kappa shape index (κ3) is 2.48. The summed E-state index contributed by atoms with van der Waals surface area (Å²) < 4.78 is 27.1. The maximum absolute atomic E-state index is 14.1. The second kappa shape index (κ2) is 5.31. The largest absolute Gasteiger partial charge is 0.369 e. The number of urea groups is 1. The number of hydrazine groups is 1. The summed E-state index contributed by atoms with van der Waals surface area (Å²) in [6.45, 7) is 0. The number of nitrogens with zero attached hydrogens (tertiary/aromatic N) is 3. The Balaban J connectivity index is 2.01. The van der Waals surface area contributed by atoms with Gasteiger partial charge in [-0.15, -0.1) is 5.01 Å². The van der Waals surface area contributed by atoms with E-state index in [1.807, 2.05) is 0 Å². The molecule has 0 aromatic heterocycles. The van der Waals surface area contributed by atoms with Gasteiger partial charge in [0.05, 0.1) is 0 Å². The molecule has 0 radical (unpaired) electrons. The average Bonchev–Trinajstić information content (AvgIpc) is 3.09. The highest BCUT2D eigenvalue weighted by Gasteiger charge is 2.56. The second-order valence-electron chi connectivity index (χ2n) is 4.74. The number of anilines is 1. The van der Waals surface area contributed by atoms with E-state index in [9.17, 15) is 13.7 Å². The minimum atomic E-state index is -1.25. The monoisotopic (exact) mass is 351 g/mol. The lowest BCUT2D eigenvalue weighted by molar-refractivity contribution is -0.113. The molecule has 0 spiro atoms. The first kappa shape index (κ1) is 14.9. The number of carbonyl (C=O) groups excluding carboxylic acids is 1. The van der Waals surface area contributed by atoms with Gasteiger partial charge in [0, 0.05) is 16.5 Å². The molecule has 2 amide bonds. The summed E-state index contributed by atoms with van der Waals surface area (Å²) in [7, 11) is 0. The molecule has 0 N–H and O–H groups in total. The quantitative estimate of drug-likeness (QED) is 0.360. The van der Waals surface area contributed by atoms with Crippen molar-refractivity contribution in [3.05, 3.63) is 30.1 Å². The van der Waals surface area contributed by atoms with Crippen LogP contribution in [-0.2, 0) is 0 Å². The van der Waals surface area contributed by atoms with E-state index in [0.717, 1.165) is 5.01 Å². The smallest absolute Gasteiger partial charge is 0.272 e. The number of carbonyl (C=O) groups is 1. The molecule has 1 aromatic carbocycles. The van der Waals surface area contributed by atoms with E-state index in [1.165, 1.54) is 29.2 Å². The van der Waals surface area contributed by atoms with Gasteiger partial charge in [-0.1, -0.05) is 45.1 Å². The van der Waals surface area contributed by atoms with E-state index in [0.29, 0.717) is 17.0 Å². The zero-order valence-electron chi connectivity index (χ0n) is 10.4. The normalized spacial score (nSPS) is 26.1. The van der Waals surface area contributed by atoms with Crippen molar-refractivity contribution in [1.82, 2.24) is 10.2 Å². The Bertz CT molecular complexity index is 601. The molecule has 1 aliphatic carbocycles. The maximum atomic E-state index is 14.1. The van der Waals surface area contributed by atoms with Crippen molar-refractivity contribution in [1.29, 1.82) is 0 Å². The number of thiocarbonyl (C=S) groups is 1. The highest BCUT2D eigenvalue weighted by molar-refractivity contribution is 7.81. The molecule has 1 aliphatic heterocycles. The summed E-state index contributed by atoms with van der Waals surface area (Å²) in [6, 6.07) is 4.22. The van der Waals surface area contributed by atoms with Crippen LogP contribution in [0, 0.1) is 11.7 Å². The Kier molecular flexibility index (Phi) is 3.77. The van der Waals surface area contributed by atoms with Crippen molar-refractivity contribution in [2.45, 2.75) is 17.5 Å². The average molecular weight is 352 g/mol. The Morgan fingerprint density at radius 2 is 1.86 bits per heavy atom. The van der Waals surface area contributed by atoms with Gasteiger partial charge in [0.1, 0.15) is 12.0 Å². The first-order chi connectivity index (χ1) is 9.91. The summed E-state index contributed by atoms with van der Waals surface area (Å²) in [5.41, 5.74) is 0.347. The summed E-state index contributed by atoms with van der Waals surface area (Å²) >= 11 is 16.6. The number of alkyl halides is 2. The number of hydrogen-bond donors (Lipinski definition) is 0. The van der Waals surface area contributed by atoms with Crippen LogP contribution in [0.15, 0.2) is 24.3 Å². The van der Waals surface area contributed by atoms with Gasteiger partial charge in [-0.3, -0.25) is 4.90 Å². The van der Waals surface area contributed by atoms with Crippen LogP contribution in [0.25, 0.3) is 0 Å². The highest BCUT2D eigenvalue weighted by atomic mass is 35.5. The van der Waals surface area contributed by atoms with Gasteiger partial charge < -0.3 is 0 Å². The molecule has 1 saturated heterocycles. The van der Waals surface area contributed by atoms with Crippen LogP contribution >= 0.6 is 35.4 Å². The fourth-order valence-corrected chi connectivity index (χ4v) is 3.06. The molecule has 2 unspecified atom stereocenters. The molecule has 1 aromatic rings. The van der Waals surface area contributed by atoms with Gasteiger partial charge >= 0.3 is 6.03 Å². The van der Waals surface area contributed by atoms with E-state index in [2.05, 4.69) is 0 Å². The Labute approximate surface area is 134 Å². The maximum Gasteiger partial charge on any atom is 0.369 e. The lowest BCUT2D eigenvalue weighted by atomic mass is 10.2. The van der Waals surface area contributed by atoms with Crippen LogP contribution in [0.5, 0.6) is 0 Å². The lowest BCUT2D eigenvalue weighted by Gasteiger charge is -2.28. The van der Waals surface area contributed by atoms with E-state index in [-0.39, 0.29) is 11.1 Å². The first-order valence-electron chi connectivity index (χ1n) is 6.05. The zero-order valence-corrected chi connectivity index (χ0v) is 12.7. The number of rotatable bonds is 3. The molecular weight excluding hydrogens is 343 g/mol. The number of halogens is 4. The van der Waals surface area contributed by atoms with Crippen molar-refractivity contribution < 1.29 is 13.7 Å². The molecule has 2 fully saturated rings. The van der Waals surface area contributed by atoms with Gasteiger partial charge in [-0.25, -0.2) is 9.18 Å². The predicted octanol–water partition coefficient (Wildman–Crippen LogP) is 3.65. The molecule has 2 aliphatic rings. The SMILES string of the molecule is O=C1N(c2ccc(F)cc2)C(C2CC2=S)N(C(Cl)Cl)N1F. The first-order valence-corrected chi connectivity index (χ1v) is 7.33. The lowest BCUT2D eigenvalue weighted by Crippen LogP contribution is -2.45. The minimum Gasteiger partial charge on any atom is -0.272 e. The molecule has 21 heavy (non-hydrogen) atoms. The fourth-order valence-electron chi connectivity index (χ4n) is 2.37. The molecule has 2 atom stereocenters. The minimum absolute atomic E-state index is 0.125. The van der Waals surface area contributed by atoms with Crippen molar-refractivity contribution in [3.63, 3.8) is 0 Å². The topological polar surface area (TPSA) is 26.8 Å². The summed E-state index contributed by atoms with van der Waals surface area (Å²) in [4.78, 5) is 12.8. The molecular formula is C12H9Cl2F2N3OS. The van der Waals surface area contributed by atoms with Crippen LogP contribution in [0.3, 0.4) is 0 Å². The number of amides is 2. The zero-order chi connectivity index (χ0) is 15.3. The number of benzene rings is 1. The molecule has 3 rings (SSSR count). The standard InChI is InChI=1S/C12H9Cl2F2N3OS/c13-11(14)18-10(8-5-9(8)21)17(12(20)19(18)16)7-3-1-6(15)2-4-7/h1-4,8,10-11H,5H2. The Hall–Kier alpha value is -1.02. The van der Waals surface area contributed by atoms with Gasteiger partial charge in [0.15, 0.2) is 4.96 Å². The third-order valence-corrected chi connectivity index (χ3v) is 4.31.